The van der Waals surface area contributed by atoms with Gasteiger partial charge in [0.15, 0.2) is 17.6 Å². The molecule has 0 aromatic heterocycles. The number of aryl methyl sites for hydroxylation is 2. The fourth-order valence-electron chi connectivity index (χ4n) is 3.83. The molecule has 0 saturated heterocycles. The number of carbonyl (C=O) groups is 1. The van der Waals surface area contributed by atoms with Crippen LogP contribution in [0.25, 0.3) is 0 Å². The molecular weight excluding hydrogens is 366 g/mol. The summed E-state index contributed by atoms with van der Waals surface area (Å²) >= 11 is 0. The summed E-state index contributed by atoms with van der Waals surface area (Å²) in [6, 6.07) is 11.9. The number of hydrogen-bond donors (Lipinski definition) is 0. The molecule has 29 heavy (non-hydrogen) atoms. The highest BCUT2D eigenvalue weighted by molar-refractivity contribution is 5.81. The molecule has 156 valence electrons. The van der Waals surface area contributed by atoms with Gasteiger partial charge in [0.05, 0.1) is 14.2 Å². The van der Waals surface area contributed by atoms with E-state index in [-0.39, 0.29) is 5.91 Å². The molecule has 1 aliphatic carbocycles. The Bertz CT molecular complexity index is 849. The van der Waals surface area contributed by atoms with Crippen molar-refractivity contribution in [2.45, 2.75) is 51.7 Å². The largest absolute Gasteiger partial charge is 0.493 e. The summed E-state index contributed by atoms with van der Waals surface area (Å²) in [7, 11) is 5.02. The zero-order chi connectivity index (χ0) is 20.8. The standard InChI is InChI=1S/C24H31NO4/c1-5-21(29-20-12-11-18-8-6-7-9-19(18)15-20)24(26)25(2)16-17-10-13-22(27-3)23(14-17)28-4/h10-15,21H,5-9,16H2,1-4H3/t21-/m1/s1. The van der Waals surface area contributed by atoms with Crippen LogP contribution in [-0.2, 0) is 24.2 Å². The highest BCUT2D eigenvalue weighted by atomic mass is 16.5. The van der Waals surface area contributed by atoms with E-state index in [2.05, 4.69) is 12.1 Å². The second-order valence-electron chi connectivity index (χ2n) is 7.54. The van der Waals surface area contributed by atoms with E-state index in [0.717, 1.165) is 24.2 Å². The Morgan fingerprint density at radius 3 is 2.41 bits per heavy atom. The van der Waals surface area contributed by atoms with Gasteiger partial charge in [0.25, 0.3) is 5.91 Å². The molecule has 1 atom stereocenters. The van der Waals surface area contributed by atoms with Crippen LogP contribution in [0, 0.1) is 0 Å². The maximum atomic E-state index is 13.0. The molecule has 5 nitrogen and oxygen atoms in total. The van der Waals surface area contributed by atoms with Gasteiger partial charge < -0.3 is 19.1 Å². The molecule has 0 radical (unpaired) electrons. The van der Waals surface area contributed by atoms with Crippen LogP contribution in [0.2, 0.25) is 0 Å². The molecule has 0 spiro atoms. The summed E-state index contributed by atoms with van der Waals surface area (Å²) < 4.78 is 16.7. The molecular formula is C24H31NO4. The number of benzene rings is 2. The lowest BCUT2D eigenvalue weighted by Gasteiger charge is -2.25. The summed E-state index contributed by atoms with van der Waals surface area (Å²) in [4.78, 5) is 14.7. The number of likely N-dealkylation sites (N-methyl/N-ethyl adjacent to an activating group) is 1. The van der Waals surface area contributed by atoms with Crippen molar-refractivity contribution >= 4 is 5.91 Å². The molecule has 0 bridgehead atoms. The third-order valence-electron chi connectivity index (χ3n) is 5.49. The van der Waals surface area contributed by atoms with E-state index in [4.69, 9.17) is 14.2 Å². The number of fused-ring (bicyclic) bond motifs is 1. The minimum Gasteiger partial charge on any atom is -0.493 e. The first kappa shape index (κ1) is 21.0. The normalized spacial score (nSPS) is 13.9. The fraction of sp³-hybridized carbons (Fsp3) is 0.458. The number of hydrogen-bond acceptors (Lipinski definition) is 4. The monoisotopic (exact) mass is 397 g/mol. The molecule has 2 aromatic carbocycles. The number of ether oxygens (including phenoxy) is 3. The first-order valence-corrected chi connectivity index (χ1v) is 10.3. The molecule has 0 unspecified atom stereocenters. The third-order valence-corrected chi connectivity index (χ3v) is 5.49. The molecule has 0 aliphatic heterocycles. The Morgan fingerprint density at radius 1 is 1.00 bits per heavy atom. The van der Waals surface area contributed by atoms with E-state index < -0.39 is 6.10 Å². The smallest absolute Gasteiger partial charge is 0.263 e. The Kier molecular flexibility index (Phi) is 7.02. The van der Waals surface area contributed by atoms with E-state index in [1.807, 2.05) is 31.2 Å². The van der Waals surface area contributed by atoms with E-state index in [1.54, 1.807) is 26.2 Å². The first-order chi connectivity index (χ1) is 14.0. The van der Waals surface area contributed by atoms with Crippen molar-refractivity contribution in [2.75, 3.05) is 21.3 Å². The lowest BCUT2D eigenvalue weighted by molar-refractivity contribution is -0.138. The van der Waals surface area contributed by atoms with Gasteiger partial charge >= 0.3 is 0 Å². The SMILES string of the molecule is CC[C@@H](Oc1ccc2c(c1)CCCC2)C(=O)N(C)Cc1ccc(OC)c(OC)c1. The Morgan fingerprint density at radius 2 is 1.72 bits per heavy atom. The zero-order valence-electron chi connectivity index (χ0n) is 17.9. The third kappa shape index (κ3) is 5.03. The summed E-state index contributed by atoms with van der Waals surface area (Å²) in [6.07, 6.45) is 4.83. The summed E-state index contributed by atoms with van der Waals surface area (Å²) in [5.74, 6) is 2.08. The molecule has 5 heteroatoms. The van der Waals surface area contributed by atoms with Gasteiger partial charge in [0, 0.05) is 13.6 Å². The van der Waals surface area contributed by atoms with Crippen LogP contribution in [0.4, 0.5) is 0 Å². The van der Waals surface area contributed by atoms with Crippen molar-refractivity contribution in [2.24, 2.45) is 0 Å². The van der Waals surface area contributed by atoms with Crippen molar-refractivity contribution in [3.05, 3.63) is 53.1 Å². The molecule has 3 rings (SSSR count). The molecule has 2 aromatic rings. The fourth-order valence-corrected chi connectivity index (χ4v) is 3.83. The van der Waals surface area contributed by atoms with E-state index in [9.17, 15) is 4.79 Å². The highest BCUT2D eigenvalue weighted by Gasteiger charge is 2.23. The van der Waals surface area contributed by atoms with Crippen molar-refractivity contribution in [1.82, 2.24) is 4.90 Å². The Hall–Kier alpha value is -2.69. The first-order valence-electron chi connectivity index (χ1n) is 10.3. The van der Waals surface area contributed by atoms with Crippen LogP contribution >= 0.6 is 0 Å². The van der Waals surface area contributed by atoms with Crippen LogP contribution in [0.15, 0.2) is 36.4 Å². The van der Waals surface area contributed by atoms with E-state index >= 15 is 0 Å². The lowest BCUT2D eigenvalue weighted by Crippen LogP contribution is -2.39. The topological polar surface area (TPSA) is 48.0 Å². The number of carbonyl (C=O) groups excluding carboxylic acids is 1. The van der Waals surface area contributed by atoms with Gasteiger partial charge in [0.2, 0.25) is 0 Å². The van der Waals surface area contributed by atoms with Crippen LogP contribution in [0.5, 0.6) is 17.2 Å². The molecule has 0 fully saturated rings. The summed E-state index contributed by atoms with van der Waals surface area (Å²) in [5, 5.41) is 0. The Labute approximate surface area is 173 Å². The molecule has 0 saturated carbocycles. The second kappa shape index (κ2) is 9.68. The summed E-state index contributed by atoms with van der Waals surface area (Å²) in [5.41, 5.74) is 3.74. The highest BCUT2D eigenvalue weighted by Crippen LogP contribution is 2.29. The van der Waals surface area contributed by atoms with Crippen molar-refractivity contribution in [3.8, 4) is 17.2 Å². The van der Waals surface area contributed by atoms with Crippen molar-refractivity contribution < 1.29 is 19.0 Å². The molecule has 1 amide bonds. The van der Waals surface area contributed by atoms with Crippen LogP contribution in [-0.4, -0.2) is 38.2 Å². The predicted molar refractivity (Wildman–Crippen MR) is 114 cm³/mol. The zero-order valence-corrected chi connectivity index (χ0v) is 17.9. The Balaban J connectivity index is 1.67. The van der Waals surface area contributed by atoms with Gasteiger partial charge in [-0.3, -0.25) is 4.79 Å². The van der Waals surface area contributed by atoms with Gasteiger partial charge in [-0.1, -0.05) is 19.1 Å². The van der Waals surface area contributed by atoms with Crippen LogP contribution in [0.3, 0.4) is 0 Å². The average molecular weight is 398 g/mol. The minimum absolute atomic E-state index is 0.0278. The van der Waals surface area contributed by atoms with Gasteiger partial charge in [-0.15, -0.1) is 0 Å². The number of rotatable bonds is 8. The lowest BCUT2D eigenvalue weighted by atomic mass is 9.92. The molecule has 0 N–H and O–H groups in total. The van der Waals surface area contributed by atoms with Gasteiger partial charge in [0.1, 0.15) is 5.75 Å². The minimum atomic E-state index is -0.498. The maximum Gasteiger partial charge on any atom is 0.263 e. The number of amides is 1. The predicted octanol–water partition coefficient (Wildman–Crippen LogP) is 4.40. The van der Waals surface area contributed by atoms with E-state index in [1.165, 1.54) is 24.0 Å². The van der Waals surface area contributed by atoms with Crippen LogP contribution in [0.1, 0.15) is 42.9 Å². The van der Waals surface area contributed by atoms with Gasteiger partial charge in [-0.05, 0) is 73.1 Å². The number of methoxy groups -OCH3 is 2. The van der Waals surface area contributed by atoms with Crippen molar-refractivity contribution in [1.29, 1.82) is 0 Å². The maximum absolute atomic E-state index is 13.0. The second-order valence-corrected chi connectivity index (χ2v) is 7.54. The van der Waals surface area contributed by atoms with Crippen molar-refractivity contribution in [3.63, 3.8) is 0 Å². The molecule has 0 heterocycles. The summed E-state index contributed by atoms with van der Waals surface area (Å²) in [6.45, 7) is 2.45. The quantitative estimate of drug-likeness (QED) is 0.662. The molecule has 1 aliphatic rings. The average Bonchev–Trinajstić information content (AvgIpc) is 2.76. The van der Waals surface area contributed by atoms with Crippen LogP contribution < -0.4 is 14.2 Å². The number of nitrogens with zero attached hydrogens (tertiary/aromatic N) is 1. The van der Waals surface area contributed by atoms with Gasteiger partial charge in [-0.25, -0.2) is 0 Å². The van der Waals surface area contributed by atoms with E-state index in [0.29, 0.717) is 24.5 Å². The van der Waals surface area contributed by atoms with Gasteiger partial charge in [-0.2, -0.15) is 0 Å².